The van der Waals surface area contributed by atoms with Gasteiger partial charge < -0.3 is 19.7 Å². The van der Waals surface area contributed by atoms with Crippen molar-refractivity contribution in [3.8, 4) is 5.75 Å². The fraction of sp³-hybridized carbons (Fsp3) is 0.588. The van der Waals surface area contributed by atoms with Crippen LogP contribution >= 0.6 is 0 Å². The summed E-state index contributed by atoms with van der Waals surface area (Å²) in [6.07, 6.45) is 2.28. The monoisotopic (exact) mass is 304 g/mol. The number of nitrogens with zero attached hydrogens (tertiary/aromatic N) is 1. The van der Waals surface area contributed by atoms with Crippen molar-refractivity contribution in [2.24, 2.45) is 0 Å². The first-order valence-electron chi connectivity index (χ1n) is 8.10. The van der Waals surface area contributed by atoms with Gasteiger partial charge in [-0.25, -0.2) is 0 Å². The predicted octanol–water partition coefficient (Wildman–Crippen LogP) is 1.68. The van der Waals surface area contributed by atoms with Crippen molar-refractivity contribution in [2.45, 2.75) is 31.9 Å². The highest BCUT2D eigenvalue weighted by molar-refractivity contribution is 5.97. The topological polar surface area (TPSA) is 50.8 Å². The molecule has 2 aliphatic rings. The molecule has 0 bridgehead atoms. The summed E-state index contributed by atoms with van der Waals surface area (Å²) in [6.45, 7) is 5.74. The van der Waals surface area contributed by atoms with Crippen molar-refractivity contribution >= 4 is 5.91 Å². The Morgan fingerprint density at radius 3 is 3.09 bits per heavy atom. The molecule has 2 saturated heterocycles. The minimum Gasteiger partial charge on any atom is -0.490 e. The van der Waals surface area contributed by atoms with Crippen molar-refractivity contribution in [1.82, 2.24) is 10.2 Å². The maximum atomic E-state index is 12.7. The van der Waals surface area contributed by atoms with Gasteiger partial charge in [0, 0.05) is 32.3 Å². The Kier molecular flexibility index (Phi) is 4.95. The summed E-state index contributed by atoms with van der Waals surface area (Å²) in [5.41, 5.74) is 0.648. The maximum absolute atomic E-state index is 12.7. The molecule has 0 spiro atoms. The molecule has 2 fully saturated rings. The van der Waals surface area contributed by atoms with Gasteiger partial charge in [0.25, 0.3) is 5.91 Å². The molecule has 5 nitrogen and oxygen atoms in total. The molecular weight excluding hydrogens is 280 g/mol. The van der Waals surface area contributed by atoms with E-state index in [1.54, 1.807) is 0 Å². The van der Waals surface area contributed by atoms with E-state index in [2.05, 4.69) is 12.2 Å². The number of rotatable bonds is 4. The Labute approximate surface area is 131 Å². The Hall–Kier alpha value is -1.59. The van der Waals surface area contributed by atoms with Crippen LogP contribution in [-0.4, -0.2) is 55.8 Å². The number of amides is 1. The lowest BCUT2D eigenvalue weighted by Gasteiger charge is -2.32. The molecule has 1 aromatic rings. The molecule has 3 rings (SSSR count). The second-order valence-electron chi connectivity index (χ2n) is 6.05. The highest BCUT2D eigenvalue weighted by Crippen LogP contribution is 2.22. The number of carbonyl (C=O) groups excluding carboxylic acids is 1. The van der Waals surface area contributed by atoms with Crippen LogP contribution in [0.4, 0.5) is 0 Å². The number of carbonyl (C=O) groups is 1. The van der Waals surface area contributed by atoms with E-state index in [0.29, 0.717) is 24.0 Å². The van der Waals surface area contributed by atoms with Gasteiger partial charge in [0.1, 0.15) is 12.4 Å². The van der Waals surface area contributed by atoms with Crippen LogP contribution < -0.4 is 10.1 Å². The Bertz CT molecular complexity index is 514. The Balaban J connectivity index is 1.68. The SMILES string of the molecule is CC1CN(C(=O)c2ccccc2OCC2CCCO2)CCN1. The van der Waals surface area contributed by atoms with Crippen LogP contribution in [-0.2, 0) is 4.74 Å². The van der Waals surface area contributed by atoms with Gasteiger partial charge in [-0.15, -0.1) is 0 Å². The summed E-state index contributed by atoms with van der Waals surface area (Å²) >= 11 is 0. The fourth-order valence-corrected chi connectivity index (χ4v) is 3.01. The molecule has 2 atom stereocenters. The Morgan fingerprint density at radius 1 is 1.45 bits per heavy atom. The van der Waals surface area contributed by atoms with Gasteiger partial charge >= 0.3 is 0 Å². The first-order chi connectivity index (χ1) is 10.7. The lowest BCUT2D eigenvalue weighted by Crippen LogP contribution is -2.51. The number of piperazine rings is 1. The lowest BCUT2D eigenvalue weighted by atomic mass is 10.1. The van der Waals surface area contributed by atoms with Gasteiger partial charge in [0.2, 0.25) is 0 Å². The number of ether oxygens (including phenoxy) is 2. The molecule has 2 aliphatic heterocycles. The smallest absolute Gasteiger partial charge is 0.257 e. The third-order valence-electron chi connectivity index (χ3n) is 4.22. The quantitative estimate of drug-likeness (QED) is 0.919. The number of benzene rings is 1. The van der Waals surface area contributed by atoms with Crippen molar-refractivity contribution in [2.75, 3.05) is 32.8 Å². The summed E-state index contributed by atoms with van der Waals surface area (Å²) in [4.78, 5) is 14.6. The number of hydrogen-bond donors (Lipinski definition) is 1. The van der Waals surface area contributed by atoms with Crippen LogP contribution in [0.25, 0.3) is 0 Å². The third-order valence-corrected chi connectivity index (χ3v) is 4.22. The third kappa shape index (κ3) is 3.59. The first kappa shape index (κ1) is 15.3. The van der Waals surface area contributed by atoms with E-state index >= 15 is 0 Å². The van der Waals surface area contributed by atoms with Gasteiger partial charge in [0.05, 0.1) is 11.7 Å². The predicted molar refractivity (Wildman–Crippen MR) is 84.3 cm³/mol. The molecule has 120 valence electrons. The molecule has 0 radical (unpaired) electrons. The van der Waals surface area contributed by atoms with Crippen LogP contribution in [0.15, 0.2) is 24.3 Å². The van der Waals surface area contributed by atoms with E-state index in [1.807, 2.05) is 29.2 Å². The normalized spacial score (nSPS) is 25.2. The lowest BCUT2D eigenvalue weighted by molar-refractivity contribution is 0.0637. The van der Waals surface area contributed by atoms with E-state index < -0.39 is 0 Å². The van der Waals surface area contributed by atoms with Crippen LogP contribution in [0.5, 0.6) is 5.75 Å². The summed E-state index contributed by atoms with van der Waals surface area (Å²) in [5, 5.41) is 3.35. The van der Waals surface area contributed by atoms with Crippen LogP contribution in [0.2, 0.25) is 0 Å². The standard InChI is InChI=1S/C17H24N2O3/c1-13-11-19(9-8-18-13)17(20)15-6-2-3-7-16(15)22-12-14-5-4-10-21-14/h2-3,6-7,13-14,18H,4-5,8-12H2,1H3. The van der Waals surface area contributed by atoms with Crippen molar-refractivity contribution in [1.29, 1.82) is 0 Å². The fourth-order valence-electron chi connectivity index (χ4n) is 3.01. The zero-order chi connectivity index (χ0) is 15.4. The van der Waals surface area contributed by atoms with Crippen LogP contribution in [0.1, 0.15) is 30.1 Å². The van der Waals surface area contributed by atoms with Gasteiger partial charge in [-0.05, 0) is 31.9 Å². The average Bonchev–Trinajstić information content (AvgIpc) is 3.06. The molecule has 1 aromatic carbocycles. The largest absolute Gasteiger partial charge is 0.490 e. The zero-order valence-corrected chi connectivity index (χ0v) is 13.1. The van der Waals surface area contributed by atoms with E-state index in [-0.39, 0.29) is 12.0 Å². The number of hydrogen-bond acceptors (Lipinski definition) is 4. The van der Waals surface area contributed by atoms with Crippen LogP contribution in [0, 0.1) is 0 Å². The number of nitrogens with one attached hydrogen (secondary N) is 1. The molecule has 1 N–H and O–H groups in total. The first-order valence-corrected chi connectivity index (χ1v) is 8.10. The average molecular weight is 304 g/mol. The molecular formula is C17H24N2O3. The van der Waals surface area contributed by atoms with Crippen molar-refractivity contribution in [3.05, 3.63) is 29.8 Å². The highest BCUT2D eigenvalue weighted by Gasteiger charge is 2.24. The molecule has 2 unspecified atom stereocenters. The Morgan fingerprint density at radius 2 is 2.32 bits per heavy atom. The molecule has 0 aromatic heterocycles. The molecule has 0 saturated carbocycles. The van der Waals surface area contributed by atoms with Gasteiger partial charge in [0.15, 0.2) is 0 Å². The van der Waals surface area contributed by atoms with Crippen LogP contribution in [0.3, 0.4) is 0 Å². The van der Waals surface area contributed by atoms with Crippen molar-refractivity contribution in [3.63, 3.8) is 0 Å². The van der Waals surface area contributed by atoms with E-state index in [1.165, 1.54) is 0 Å². The number of para-hydroxylation sites is 1. The van der Waals surface area contributed by atoms with Gasteiger partial charge in [-0.3, -0.25) is 4.79 Å². The summed E-state index contributed by atoms with van der Waals surface area (Å²) in [5.74, 6) is 0.713. The second kappa shape index (κ2) is 7.11. The second-order valence-corrected chi connectivity index (χ2v) is 6.05. The van der Waals surface area contributed by atoms with Crippen molar-refractivity contribution < 1.29 is 14.3 Å². The maximum Gasteiger partial charge on any atom is 0.257 e. The minimum absolute atomic E-state index is 0.0521. The van der Waals surface area contributed by atoms with E-state index in [9.17, 15) is 4.79 Å². The highest BCUT2D eigenvalue weighted by atomic mass is 16.5. The van der Waals surface area contributed by atoms with E-state index in [0.717, 1.165) is 39.1 Å². The molecule has 0 aliphatic carbocycles. The minimum atomic E-state index is 0.0521. The molecule has 1 amide bonds. The summed E-state index contributed by atoms with van der Waals surface area (Å²) < 4.78 is 11.4. The van der Waals surface area contributed by atoms with E-state index in [4.69, 9.17) is 9.47 Å². The molecule has 5 heteroatoms. The summed E-state index contributed by atoms with van der Waals surface area (Å²) in [7, 11) is 0. The van der Waals surface area contributed by atoms with Gasteiger partial charge in [-0.1, -0.05) is 12.1 Å². The molecule has 2 heterocycles. The molecule has 22 heavy (non-hydrogen) atoms. The van der Waals surface area contributed by atoms with Gasteiger partial charge in [-0.2, -0.15) is 0 Å². The summed E-state index contributed by atoms with van der Waals surface area (Å²) in [6, 6.07) is 7.84. The zero-order valence-electron chi connectivity index (χ0n) is 13.1.